The van der Waals surface area contributed by atoms with Crippen molar-refractivity contribution in [3.63, 3.8) is 0 Å². The zero-order valence-electron chi connectivity index (χ0n) is 16.8. The van der Waals surface area contributed by atoms with Gasteiger partial charge in [0.1, 0.15) is 17.9 Å². The van der Waals surface area contributed by atoms with Gasteiger partial charge >= 0.3 is 0 Å². The molecule has 1 saturated carbocycles. The molecule has 1 aliphatic carbocycles. The van der Waals surface area contributed by atoms with E-state index in [2.05, 4.69) is 32.0 Å². The second-order valence-corrected chi connectivity index (χ2v) is 8.92. The molecule has 2 aromatic carbocycles. The molecule has 0 N–H and O–H groups in total. The quantitative estimate of drug-likeness (QED) is 0.679. The van der Waals surface area contributed by atoms with Gasteiger partial charge in [-0.25, -0.2) is 0 Å². The highest BCUT2D eigenvalue weighted by Crippen LogP contribution is 2.53. The molecule has 0 radical (unpaired) electrons. The van der Waals surface area contributed by atoms with E-state index in [-0.39, 0.29) is 17.4 Å². The fourth-order valence-corrected chi connectivity index (χ4v) is 4.37. The van der Waals surface area contributed by atoms with Gasteiger partial charge in [-0.3, -0.25) is 4.79 Å². The molecular weight excluding hydrogens is 384 g/mol. The molecule has 1 atom stereocenters. The molecule has 4 rings (SSSR count). The van der Waals surface area contributed by atoms with Gasteiger partial charge in [0, 0.05) is 36.6 Å². The Morgan fingerprint density at radius 1 is 1.24 bits per heavy atom. The van der Waals surface area contributed by atoms with Crippen LogP contribution in [-0.4, -0.2) is 30.0 Å². The molecule has 1 unspecified atom stereocenters. The van der Waals surface area contributed by atoms with Crippen LogP contribution < -0.4 is 4.74 Å². The summed E-state index contributed by atoms with van der Waals surface area (Å²) in [5.41, 5.74) is 2.48. The van der Waals surface area contributed by atoms with E-state index in [1.54, 1.807) is 18.2 Å². The SMILES string of the molecule is CC(C)c1ccc(C(=O)N2CCC(Oc3ccc(C#N)c(Cl)c3)C3(CC3)C2)cc1. The third-order valence-corrected chi connectivity index (χ3v) is 6.51. The molecule has 2 aromatic rings. The van der Waals surface area contributed by atoms with E-state index in [1.807, 2.05) is 17.0 Å². The first-order valence-corrected chi connectivity index (χ1v) is 10.6. The predicted molar refractivity (Wildman–Crippen MR) is 113 cm³/mol. The molecule has 0 bridgehead atoms. The van der Waals surface area contributed by atoms with Crippen molar-refractivity contribution in [3.05, 3.63) is 64.2 Å². The van der Waals surface area contributed by atoms with Crippen LogP contribution in [-0.2, 0) is 0 Å². The molecule has 1 aliphatic heterocycles. The summed E-state index contributed by atoms with van der Waals surface area (Å²) >= 11 is 6.14. The first-order chi connectivity index (χ1) is 13.9. The Labute approximate surface area is 177 Å². The van der Waals surface area contributed by atoms with Crippen molar-refractivity contribution in [1.82, 2.24) is 4.90 Å². The zero-order valence-corrected chi connectivity index (χ0v) is 17.6. The highest BCUT2D eigenvalue weighted by atomic mass is 35.5. The summed E-state index contributed by atoms with van der Waals surface area (Å²) in [6.07, 6.45) is 3.00. The molecule has 5 heteroatoms. The summed E-state index contributed by atoms with van der Waals surface area (Å²) in [6.45, 7) is 5.71. The number of hydrogen-bond donors (Lipinski definition) is 0. The number of benzene rings is 2. The van der Waals surface area contributed by atoms with Crippen molar-refractivity contribution in [2.45, 2.75) is 45.1 Å². The third-order valence-electron chi connectivity index (χ3n) is 6.19. The monoisotopic (exact) mass is 408 g/mol. The number of piperidine rings is 1. The lowest BCUT2D eigenvalue weighted by Crippen LogP contribution is -2.49. The molecule has 2 fully saturated rings. The van der Waals surface area contributed by atoms with Crippen LogP contribution in [0.1, 0.15) is 60.5 Å². The van der Waals surface area contributed by atoms with Crippen LogP contribution in [0, 0.1) is 16.7 Å². The van der Waals surface area contributed by atoms with E-state index >= 15 is 0 Å². The number of carbonyl (C=O) groups is 1. The van der Waals surface area contributed by atoms with Gasteiger partial charge in [-0.15, -0.1) is 0 Å². The van der Waals surface area contributed by atoms with Gasteiger partial charge in [0.25, 0.3) is 5.91 Å². The second kappa shape index (κ2) is 7.72. The van der Waals surface area contributed by atoms with Gasteiger partial charge in [0.15, 0.2) is 0 Å². The minimum absolute atomic E-state index is 0.0339. The maximum Gasteiger partial charge on any atom is 0.253 e. The average Bonchev–Trinajstić information content (AvgIpc) is 3.49. The third kappa shape index (κ3) is 3.97. The number of amides is 1. The standard InChI is InChI=1S/C24H25ClN2O2/c1-16(2)17-3-5-18(6-4-17)23(28)27-12-9-22(24(15-27)10-11-24)29-20-8-7-19(14-26)21(25)13-20/h3-8,13,16,22H,9-12,15H2,1-2H3. The Morgan fingerprint density at radius 3 is 2.55 bits per heavy atom. The van der Waals surface area contributed by atoms with Crippen molar-refractivity contribution in [2.24, 2.45) is 5.41 Å². The molecule has 1 amide bonds. The van der Waals surface area contributed by atoms with Crippen LogP contribution in [0.15, 0.2) is 42.5 Å². The normalized spacial score (nSPS) is 19.8. The van der Waals surface area contributed by atoms with Crippen LogP contribution in [0.5, 0.6) is 5.75 Å². The van der Waals surface area contributed by atoms with Crippen LogP contribution in [0.2, 0.25) is 5.02 Å². The van der Waals surface area contributed by atoms with Gasteiger partial charge in [0.2, 0.25) is 0 Å². The van der Waals surface area contributed by atoms with Gasteiger partial charge in [-0.2, -0.15) is 5.26 Å². The first-order valence-electron chi connectivity index (χ1n) is 10.2. The molecule has 150 valence electrons. The van der Waals surface area contributed by atoms with E-state index in [4.69, 9.17) is 21.6 Å². The Kier molecular flexibility index (Phi) is 5.27. The lowest BCUT2D eigenvalue weighted by atomic mass is 9.90. The Balaban J connectivity index is 1.44. The summed E-state index contributed by atoms with van der Waals surface area (Å²) in [5, 5.41) is 9.44. The van der Waals surface area contributed by atoms with Gasteiger partial charge in [0.05, 0.1) is 10.6 Å². The lowest BCUT2D eigenvalue weighted by Gasteiger charge is -2.39. The largest absolute Gasteiger partial charge is 0.490 e. The predicted octanol–water partition coefficient (Wildman–Crippen LogP) is 5.41. The summed E-state index contributed by atoms with van der Waals surface area (Å²) in [4.78, 5) is 15.0. The number of nitriles is 1. The van der Waals surface area contributed by atoms with E-state index in [0.717, 1.165) is 31.4 Å². The van der Waals surface area contributed by atoms with E-state index < -0.39 is 0 Å². The Hall–Kier alpha value is -2.51. The number of carbonyl (C=O) groups excluding carboxylic acids is 1. The minimum atomic E-state index is 0.0339. The Bertz CT molecular complexity index is 958. The van der Waals surface area contributed by atoms with Crippen LogP contribution in [0.25, 0.3) is 0 Å². The van der Waals surface area contributed by atoms with Crippen molar-refractivity contribution >= 4 is 17.5 Å². The molecular formula is C24H25ClN2O2. The van der Waals surface area contributed by atoms with Crippen molar-refractivity contribution in [1.29, 1.82) is 5.26 Å². The molecule has 2 aliphatic rings. The molecule has 0 aromatic heterocycles. The van der Waals surface area contributed by atoms with Gasteiger partial charge < -0.3 is 9.64 Å². The summed E-state index contributed by atoms with van der Waals surface area (Å²) in [5.74, 6) is 1.25. The second-order valence-electron chi connectivity index (χ2n) is 8.51. The maximum atomic E-state index is 13.0. The summed E-state index contributed by atoms with van der Waals surface area (Å²) < 4.78 is 6.26. The topological polar surface area (TPSA) is 53.3 Å². The van der Waals surface area contributed by atoms with Gasteiger partial charge in [-0.1, -0.05) is 37.6 Å². The maximum absolute atomic E-state index is 13.0. The highest BCUT2D eigenvalue weighted by molar-refractivity contribution is 6.31. The minimum Gasteiger partial charge on any atom is -0.490 e. The van der Waals surface area contributed by atoms with Crippen LogP contribution in [0.4, 0.5) is 0 Å². The number of ether oxygens (including phenoxy) is 1. The van der Waals surface area contributed by atoms with E-state index in [0.29, 0.717) is 28.8 Å². The number of hydrogen-bond acceptors (Lipinski definition) is 3. The number of halogens is 1. The molecule has 1 spiro atoms. The van der Waals surface area contributed by atoms with Crippen molar-refractivity contribution in [2.75, 3.05) is 13.1 Å². The van der Waals surface area contributed by atoms with Gasteiger partial charge in [-0.05, 0) is 48.6 Å². The highest BCUT2D eigenvalue weighted by Gasteiger charge is 2.54. The zero-order chi connectivity index (χ0) is 20.6. The molecule has 1 heterocycles. The number of rotatable bonds is 4. The number of nitrogens with zero attached hydrogens (tertiary/aromatic N) is 2. The van der Waals surface area contributed by atoms with Crippen LogP contribution in [0.3, 0.4) is 0 Å². The summed E-state index contributed by atoms with van der Waals surface area (Å²) in [6, 6.07) is 15.3. The van der Waals surface area contributed by atoms with Crippen molar-refractivity contribution < 1.29 is 9.53 Å². The van der Waals surface area contributed by atoms with E-state index in [1.165, 1.54) is 5.56 Å². The summed E-state index contributed by atoms with van der Waals surface area (Å²) in [7, 11) is 0. The first kappa shape index (κ1) is 19.8. The van der Waals surface area contributed by atoms with Crippen molar-refractivity contribution in [3.8, 4) is 11.8 Å². The molecule has 29 heavy (non-hydrogen) atoms. The average molecular weight is 409 g/mol. The molecule has 4 nitrogen and oxygen atoms in total. The molecule has 1 saturated heterocycles. The smallest absolute Gasteiger partial charge is 0.253 e. The lowest BCUT2D eigenvalue weighted by molar-refractivity contribution is 0.0254. The van der Waals surface area contributed by atoms with Crippen LogP contribution >= 0.6 is 11.6 Å². The fraction of sp³-hybridized carbons (Fsp3) is 0.417. The fourth-order valence-electron chi connectivity index (χ4n) is 4.16. The number of likely N-dealkylation sites (tertiary alicyclic amines) is 1. The van der Waals surface area contributed by atoms with E-state index in [9.17, 15) is 4.79 Å². The Morgan fingerprint density at radius 2 is 1.97 bits per heavy atom.